The van der Waals surface area contributed by atoms with Gasteiger partial charge < -0.3 is 29.8 Å². The molecule has 280 valence electrons. The Morgan fingerprint density at radius 2 is 1.17 bits per heavy atom. The molecule has 0 saturated carbocycles. The third-order valence-electron chi connectivity index (χ3n) is 8.66. The number of nitrogens with zero attached hydrogens (tertiary/aromatic N) is 3. The Bertz CT molecular complexity index is 1710. The third kappa shape index (κ3) is 12.1. The molecule has 0 bridgehead atoms. The minimum absolute atomic E-state index is 0.0421. The van der Waals surface area contributed by atoms with Crippen molar-refractivity contribution in [1.82, 2.24) is 9.80 Å². The molecule has 11 nitrogen and oxygen atoms in total. The molecule has 0 spiro atoms. The molecule has 0 aliphatic carbocycles. The van der Waals surface area contributed by atoms with Crippen LogP contribution >= 0.6 is 0 Å². The van der Waals surface area contributed by atoms with Crippen molar-refractivity contribution in [1.29, 1.82) is 0 Å². The van der Waals surface area contributed by atoms with Gasteiger partial charge in [-0.2, -0.15) is 0 Å². The van der Waals surface area contributed by atoms with E-state index < -0.39 is 27.8 Å². The van der Waals surface area contributed by atoms with Gasteiger partial charge in [-0.1, -0.05) is 36.4 Å². The predicted molar refractivity (Wildman–Crippen MR) is 196 cm³/mol. The summed E-state index contributed by atoms with van der Waals surface area (Å²) in [5.74, 6) is 0.876. The van der Waals surface area contributed by atoms with Gasteiger partial charge in [0.05, 0.1) is 11.0 Å². The molecule has 52 heavy (non-hydrogen) atoms. The molecule has 2 unspecified atom stereocenters. The normalized spacial score (nSPS) is 19.8. The summed E-state index contributed by atoms with van der Waals surface area (Å²) in [6.45, 7) is 9.80. The minimum Gasteiger partial charge on any atom is -0.492 e. The summed E-state index contributed by atoms with van der Waals surface area (Å²) < 4.78 is 51.2. The molecule has 2 heterocycles. The SMILES string of the molecule is CC1(Oc2ccc(N)cc2F)CCN(CCOc2ccccc2)C1.CC1(Oc2ccc([N+](=O)[O-])cc2F)CCN(CCOc2ccccc2)C1.CO. The fourth-order valence-electron chi connectivity index (χ4n) is 6.04. The van der Waals surface area contributed by atoms with Gasteiger partial charge in [0.15, 0.2) is 23.1 Å². The van der Waals surface area contributed by atoms with E-state index in [4.69, 9.17) is 29.8 Å². The second-order valence-corrected chi connectivity index (χ2v) is 13.0. The lowest BCUT2D eigenvalue weighted by molar-refractivity contribution is -0.385. The number of ether oxygens (including phenoxy) is 4. The maximum Gasteiger partial charge on any atom is 0.272 e. The van der Waals surface area contributed by atoms with Crippen molar-refractivity contribution in [2.75, 3.05) is 65.3 Å². The maximum atomic E-state index is 14.1. The predicted octanol–water partition coefficient (Wildman–Crippen LogP) is 6.59. The average Bonchev–Trinajstić information content (AvgIpc) is 3.70. The van der Waals surface area contributed by atoms with Crippen LogP contribution in [0.25, 0.3) is 0 Å². The Morgan fingerprint density at radius 1 is 0.731 bits per heavy atom. The highest BCUT2D eigenvalue weighted by Gasteiger charge is 2.37. The van der Waals surface area contributed by atoms with E-state index in [0.717, 1.165) is 70.2 Å². The molecule has 6 rings (SSSR count). The number of likely N-dealkylation sites (tertiary alicyclic amines) is 2. The highest BCUT2D eigenvalue weighted by molar-refractivity contribution is 5.43. The summed E-state index contributed by atoms with van der Waals surface area (Å²) in [5, 5.41) is 17.7. The maximum absolute atomic E-state index is 14.1. The summed E-state index contributed by atoms with van der Waals surface area (Å²) in [6, 6.07) is 27.4. The van der Waals surface area contributed by atoms with Crippen LogP contribution in [0.1, 0.15) is 26.7 Å². The fraction of sp³-hybridized carbons (Fsp3) is 0.385. The van der Waals surface area contributed by atoms with Crippen LogP contribution in [0.3, 0.4) is 0 Å². The van der Waals surface area contributed by atoms with E-state index >= 15 is 0 Å². The number of halogens is 2. The number of hydrogen-bond donors (Lipinski definition) is 2. The van der Waals surface area contributed by atoms with Crippen LogP contribution in [0.15, 0.2) is 97.1 Å². The van der Waals surface area contributed by atoms with Crippen LogP contribution in [-0.4, -0.2) is 90.6 Å². The summed E-state index contributed by atoms with van der Waals surface area (Å²) in [5.41, 5.74) is 4.75. The highest BCUT2D eigenvalue weighted by atomic mass is 19.1. The van der Waals surface area contributed by atoms with Crippen molar-refractivity contribution in [2.45, 2.75) is 37.9 Å². The van der Waals surface area contributed by atoms with E-state index in [0.29, 0.717) is 25.4 Å². The topological polar surface area (TPSA) is 133 Å². The number of hydrogen-bond acceptors (Lipinski definition) is 10. The van der Waals surface area contributed by atoms with Gasteiger partial charge in [-0.15, -0.1) is 0 Å². The van der Waals surface area contributed by atoms with Gasteiger partial charge in [0, 0.05) is 77.0 Å². The molecule has 3 N–H and O–H groups in total. The lowest BCUT2D eigenvalue weighted by Gasteiger charge is -2.26. The summed E-state index contributed by atoms with van der Waals surface area (Å²) in [4.78, 5) is 14.5. The van der Waals surface area contributed by atoms with Crippen LogP contribution in [0.5, 0.6) is 23.0 Å². The van der Waals surface area contributed by atoms with Crippen molar-refractivity contribution in [3.63, 3.8) is 0 Å². The highest BCUT2D eigenvalue weighted by Crippen LogP contribution is 2.32. The Labute approximate surface area is 303 Å². The average molecular weight is 723 g/mol. The van der Waals surface area contributed by atoms with Crippen molar-refractivity contribution < 1.29 is 37.8 Å². The number of rotatable bonds is 13. The Balaban J connectivity index is 0.000000223. The number of benzene rings is 4. The first-order valence-electron chi connectivity index (χ1n) is 17.1. The molecule has 2 aliphatic rings. The van der Waals surface area contributed by atoms with Crippen LogP contribution in [0, 0.1) is 21.7 Å². The van der Waals surface area contributed by atoms with E-state index in [9.17, 15) is 18.9 Å². The minimum atomic E-state index is -0.716. The van der Waals surface area contributed by atoms with Crippen molar-refractivity contribution in [2.24, 2.45) is 0 Å². The van der Waals surface area contributed by atoms with E-state index in [1.165, 1.54) is 18.2 Å². The Kier molecular flexibility index (Phi) is 14.6. The first-order chi connectivity index (χ1) is 25.0. The molecule has 13 heteroatoms. The molecular weight excluding hydrogens is 674 g/mol. The molecular formula is C39H48F2N4O7. The van der Waals surface area contributed by atoms with Crippen molar-refractivity contribution in [3.05, 3.63) is 119 Å². The van der Waals surface area contributed by atoms with Crippen LogP contribution < -0.4 is 24.7 Å². The molecule has 2 fully saturated rings. The zero-order valence-electron chi connectivity index (χ0n) is 29.9. The smallest absolute Gasteiger partial charge is 0.272 e. The molecule has 0 radical (unpaired) electrons. The third-order valence-corrected chi connectivity index (χ3v) is 8.66. The first kappa shape index (κ1) is 39.8. The standard InChI is InChI=1S/C19H21FN2O4.C19H23FN2O2.CH4O/c1-19(26-18-8-7-15(22(23)24)13-17(18)20)9-10-21(14-19)11-12-25-16-5-3-2-4-6-16;1-19(24-18-8-7-15(21)13-17(18)20)9-10-22(14-19)11-12-23-16-5-3-2-4-6-16;1-2/h2-8,13H,9-12,14H2,1H3;2-8,13H,9-12,14,21H2,1H3;2H,1H3. The molecule has 2 aliphatic heterocycles. The zero-order valence-corrected chi connectivity index (χ0v) is 29.9. The van der Waals surface area contributed by atoms with Crippen LogP contribution in [-0.2, 0) is 0 Å². The number of nitrogens with two attached hydrogens (primary N) is 1. The first-order valence-corrected chi connectivity index (χ1v) is 17.1. The van der Waals surface area contributed by atoms with Gasteiger partial charge in [-0.05, 0) is 56.3 Å². The fourth-order valence-corrected chi connectivity index (χ4v) is 6.04. The van der Waals surface area contributed by atoms with Crippen LogP contribution in [0.2, 0.25) is 0 Å². The molecule has 2 saturated heterocycles. The zero-order chi connectivity index (χ0) is 37.6. The quantitative estimate of drug-likeness (QED) is 0.0885. The van der Waals surface area contributed by atoms with E-state index in [2.05, 4.69) is 9.80 Å². The largest absolute Gasteiger partial charge is 0.492 e. The second kappa shape index (κ2) is 19.0. The van der Waals surface area contributed by atoms with Gasteiger partial charge in [-0.25, -0.2) is 8.78 Å². The Morgan fingerprint density at radius 3 is 1.60 bits per heavy atom. The molecule has 2 atom stereocenters. The Hall–Kier alpha value is -4.98. The van der Waals surface area contributed by atoms with Gasteiger partial charge >= 0.3 is 0 Å². The monoisotopic (exact) mass is 722 g/mol. The number of aliphatic hydroxyl groups is 1. The number of anilines is 1. The second-order valence-electron chi connectivity index (χ2n) is 13.0. The van der Waals surface area contributed by atoms with E-state index in [1.807, 2.05) is 74.5 Å². The van der Waals surface area contributed by atoms with Gasteiger partial charge in [0.25, 0.3) is 5.69 Å². The number of aliphatic hydroxyl groups excluding tert-OH is 1. The number of nitro benzene ring substituents is 1. The lowest BCUT2D eigenvalue weighted by atomic mass is 10.1. The summed E-state index contributed by atoms with van der Waals surface area (Å²) in [7, 11) is 1.00. The van der Waals surface area contributed by atoms with Gasteiger partial charge in [0.1, 0.15) is 35.9 Å². The molecule has 4 aromatic rings. The number of para-hydroxylation sites is 2. The van der Waals surface area contributed by atoms with Gasteiger partial charge in [0.2, 0.25) is 0 Å². The number of non-ortho nitro benzene ring substituents is 1. The molecule has 4 aromatic carbocycles. The van der Waals surface area contributed by atoms with E-state index in [-0.39, 0.29) is 17.2 Å². The van der Waals surface area contributed by atoms with Crippen LogP contribution in [0.4, 0.5) is 20.2 Å². The summed E-state index contributed by atoms with van der Waals surface area (Å²) in [6.07, 6.45) is 1.59. The van der Waals surface area contributed by atoms with E-state index in [1.54, 1.807) is 12.1 Å². The van der Waals surface area contributed by atoms with Gasteiger partial charge in [-0.3, -0.25) is 19.9 Å². The molecule has 0 amide bonds. The lowest BCUT2D eigenvalue weighted by Crippen LogP contribution is -2.37. The summed E-state index contributed by atoms with van der Waals surface area (Å²) >= 11 is 0. The number of nitro groups is 1. The van der Waals surface area contributed by atoms with Crippen molar-refractivity contribution in [3.8, 4) is 23.0 Å². The molecule has 0 aromatic heterocycles. The van der Waals surface area contributed by atoms with Crippen molar-refractivity contribution >= 4 is 11.4 Å². The number of nitrogen functional groups attached to an aromatic ring is 1.